The van der Waals surface area contributed by atoms with E-state index in [0.29, 0.717) is 0 Å². The molecular weight excluding hydrogens is 324 g/mol. The van der Waals surface area contributed by atoms with Gasteiger partial charge in [0.25, 0.3) is 5.91 Å². The number of nitrogens with zero attached hydrogens (tertiary/aromatic N) is 2. The molecule has 2 amide bonds. The zero-order valence-electron chi connectivity index (χ0n) is 14.5. The molecule has 0 aromatic heterocycles. The predicted molar refractivity (Wildman–Crippen MR) is 90.5 cm³/mol. The Morgan fingerprint density at radius 3 is 2.36 bits per heavy atom. The molecule has 0 aliphatic carbocycles. The molecule has 1 N–H and O–H groups in total. The van der Waals surface area contributed by atoms with Crippen molar-refractivity contribution in [3.05, 3.63) is 48.3 Å². The first-order valence-corrected chi connectivity index (χ1v) is 7.93. The van der Waals surface area contributed by atoms with Gasteiger partial charge in [-0.25, -0.2) is 4.79 Å². The summed E-state index contributed by atoms with van der Waals surface area (Å²) in [5.74, 6) is -1.58. The van der Waals surface area contributed by atoms with Gasteiger partial charge in [0.2, 0.25) is 0 Å². The first-order chi connectivity index (χ1) is 11.7. The van der Waals surface area contributed by atoms with Gasteiger partial charge in [-0.15, -0.1) is 0 Å². The molecule has 25 heavy (non-hydrogen) atoms. The van der Waals surface area contributed by atoms with Gasteiger partial charge in [0.1, 0.15) is 18.2 Å². The Morgan fingerprint density at radius 2 is 1.80 bits per heavy atom. The first-order valence-electron chi connectivity index (χ1n) is 7.93. The van der Waals surface area contributed by atoms with Gasteiger partial charge in [-0.05, 0) is 26.3 Å². The highest BCUT2D eigenvalue weighted by atomic mass is 16.6. The Kier molecular flexibility index (Phi) is 5.46. The van der Waals surface area contributed by atoms with Crippen LogP contribution in [0.5, 0.6) is 0 Å². The van der Waals surface area contributed by atoms with Crippen molar-refractivity contribution in [3.63, 3.8) is 0 Å². The van der Waals surface area contributed by atoms with Crippen molar-refractivity contribution in [1.82, 2.24) is 9.80 Å². The molecule has 1 aliphatic rings. The Hall–Kier alpha value is -2.83. The SMILES string of the molecule is CC(C)(C)OC(=O)N1C=CN(CC(=O)O)C(=O)C1Cc1ccccc1. The van der Waals surface area contributed by atoms with E-state index in [1.54, 1.807) is 20.8 Å². The molecule has 1 unspecified atom stereocenters. The smallest absolute Gasteiger partial charge is 0.415 e. The zero-order valence-corrected chi connectivity index (χ0v) is 14.5. The number of hydrogen-bond acceptors (Lipinski definition) is 4. The second kappa shape index (κ2) is 7.38. The van der Waals surface area contributed by atoms with E-state index in [-0.39, 0.29) is 6.42 Å². The lowest BCUT2D eigenvalue weighted by Crippen LogP contribution is -2.53. The normalized spacial score (nSPS) is 17.6. The van der Waals surface area contributed by atoms with Crippen LogP contribution in [0.3, 0.4) is 0 Å². The van der Waals surface area contributed by atoms with E-state index in [1.165, 1.54) is 17.3 Å². The quantitative estimate of drug-likeness (QED) is 0.903. The molecule has 0 bridgehead atoms. The standard InChI is InChI=1S/C18H22N2O5/c1-18(2,3)25-17(24)20-10-9-19(12-15(21)22)16(23)14(20)11-13-7-5-4-6-8-13/h4-10,14H,11-12H2,1-3H3,(H,21,22). The van der Waals surface area contributed by atoms with E-state index in [2.05, 4.69) is 0 Å². The summed E-state index contributed by atoms with van der Waals surface area (Å²) in [6.07, 6.45) is 2.31. The monoisotopic (exact) mass is 346 g/mol. The van der Waals surface area contributed by atoms with Gasteiger partial charge in [0.05, 0.1) is 0 Å². The van der Waals surface area contributed by atoms with Gasteiger partial charge in [-0.2, -0.15) is 0 Å². The number of carboxylic acids is 1. The number of hydrogen-bond donors (Lipinski definition) is 1. The fourth-order valence-corrected chi connectivity index (χ4v) is 2.44. The zero-order chi connectivity index (χ0) is 18.6. The summed E-state index contributed by atoms with van der Waals surface area (Å²) >= 11 is 0. The number of carbonyl (C=O) groups is 3. The van der Waals surface area contributed by atoms with Gasteiger partial charge < -0.3 is 14.7 Å². The number of carbonyl (C=O) groups excluding carboxylic acids is 2. The minimum absolute atomic E-state index is 0.263. The largest absolute Gasteiger partial charge is 0.480 e. The number of amides is 2. The van der Waals surface area contributed by atoms with Crippen LogP contribution in [-0.2, 0) is 20.7 Å². The van der Waals surface area contributed by atoms with Crippen molar-refractivity contribution < 1.29 is 24.2 Å². The highest BCUT2D eigenvalue weighted by molar-refractivity contribution is 5.90. The summed E-state index contributed by atoms with van der Waals surface area (Å²) in [5, 5.41) is 8.95. The summed E-state index contributed by atoms with van der Waals surface area (Å²) in [4.78, 5) is 38.4. The van der Waals surface area contributed by atoms with Crippen molar-refractivity contribution >= 4 is 18.0 Å². The van der Waals surface area contributed by atoms with Crippen LogP contribution in [0.1, 0.15) is 26.3 Å². The second-order valence-corrected chi connectivity index (χ2v) is 6.75. The van der Waals surface area contributed by atoms with Crippen molar-refractivity contribution in [2.45, 2.75) is 38.8 Å². The molecule has 1 atom stereocenters. The summed E-state index contributed by atoms with van der Waals surface area (Å²) < 4.78 is 5.36. The molecule has 1 aromatic carbocycles. The Balaban J connectivity index is 2.28. The van der Waals surface area contributed by atoms with Crippen LogP contribution >= 0.6 is 0 Å². The lowest BCUT2D eigenvalue weighted by molar-refractivity contribution is -0.145. The van der Waals surface area contributed by atoms with Crippen molar-refractivity contribution in [3.8, 4) is 0 Å². The first kappa shape index (κ1) is 18.5. The summed E-state index contributed by atoms with van der Waals surface area (Å²) in [6, 6.07) is 8.37. The highest BCUT2D eigenvalue weighted by Gasteiger charge is 2.37. The second-order valence-electron chi connectivity index (χ2n) is 6.75. The van der Waals surface area contributed by atoms with E-state index < -0.39 is 36.2 Å². The van der Waals surface area contributed by atoms with Crippen LogP contribution in [0.25, 0.3) is 0 Å². The number of carboxylic acid groups (broad SMARTS) is 1. The van der Waals surface area contributed by atoms with Crippen LogP contribution in [0.2, 0.25) is 0 Å². The third kappa shape index (κ3) is 5.07. The van der Waals surface area contributed by atoms with Gasteiger partial charge >= 0.3 is 12.1 Å². The number of benzene rings is 1. The third-order valence-corrected chi connectivity index (χ3v) is 3.49. The Bertz CT molecular complexity index is 678. The molecule has 0 radical (unpaired) electrons. The van der Waals surface area contributed by atoms with Crippen LogP contribution in [0, 0.1) is 0 Å². The molecule has 1 heterocycles. The molecule has 2 rings (SSSR count). The molecule has 1 aliphatic heterocycles. The highest BCUT2D eigenvalue weighted by Crippen LogP contribution is 2.20. The molecule has 7 heteroatoms. The summed E-state index contributed by atoms with van der Waals surface area (Å²) in [6.45, 7) is 4.76. The van der Waals surface area contributed by atoms with E-state index in [4.69, 9.17) is 9.84 Å². The van der Waals surface area contributed by atoms with Crippen molar-refractivity contribution in [2.75, 3.05) is 6.54 Å². The average molecular weight is 346 g/mol. The third-order valence-electron chi connectivity index (χ3n) is 3.49. The average Bonchev–Trinajstić information content (AvgIpc) is 2.50. The molecule has 0 spiro atoms. The maximum Gasteiger partial charge on any atom is 0.415 e. The lowest BCUT2D eigenvalue weighted by atomic mass is 10.0. The van der Waals surface area contributed by atoms with Gasteiger partial charge in [0.15, 0.2) is 0 Å². The minimum Gasteiger partial charge on any atom is -0.480 e. The van der Waals surface area contributed by atoms with Gasteiger partial charge in [-0.3, -0.25) is 14.5 Å². The van der Waals surface area contributed by atoms with Crippen molar-refractivity contribution in [1.29, 1.82) is 0 Å². The molecule has 0 saturated heterocycles. The maximum absolute atomic E-state index is 12.7. The van der Waals surface area contributed by atoms with Crippen molar-refractivity contribution in [2.24, 2.45) is 0 Å². The topological polar surface area (TPSA) is 87.2 Å². The number of rotatable bonds is 4. The van der Waals surface area contributed by atoms with E-state index in [1.807, 2.05) is 30.3 Å². The van der Waals surface area contributed by atoms with Crippen LogP contribution in [0.4, 0.5) is 4.79 Å². The Morgan fingerprint density at radius 1 is 1.16 bits per heavy atom. The fraction of sp³-hybridized carbons (Fsp3) is 0.389. The summed E-state index contributed by atoms with van der Waals surface area (Å²) in [5.41, 5.74) is 0.156. The van der Waals surface area contributed by atoms with E-state index in [9.17, 15) is 14.4 Å². The van der Waals surface area contributed by atoms with Crippen LogP contribution in [0.15, 0.2) is 42.7 Å². The molecule has 7 nitrogen and oxygen atoms in total. The predicted octanol–water partition coefficient (Wildman–Crippen LogP) is 2.23. The lowest BCUT2D eigenvalue weighted by Gasteiger charge is -2.36. The van der Waals surface area contributed by atoms with E-state index in [0.717, 1.165) is 10.5 Å². The fourth-order valence-electron chi connectivity index (χ4n) is 2.44. The Labute approximate surface area is 146 Å². The van der Waals surface area contributed by atoms with Crippen LogP contribution in [-0.4, -0.2) is 51.1 Å². The molecule has 1 aromatic rings. The maximum atomic E-state index is 12.7. The molecule has 0 fully saturated rings. The van der Waals surface area contributed by atoms with Gasteiger partial charge in [0, 0.05) is 18.8 Å². The van der Waals surface area contributed by atoms with Gasteiger partial charge in [-0.1, -0.05) is 30.3 Å². The molecule has 134 valence electrons. The molecular formula is C18H22N2O5. The number of aliphatic carboxylic acids is 1. The van der Waals surface area contributed by atoms with E-state index >= 15 is 0 Å². The van der Waals surface area contributed by atoms with Crippen LogP contribution < -0.4 is 0 Å². The number of ether oxygens (including phenoxy) is 1. The minimum atomic E-state index is -1.12. The summed E-state index contributed by atoms with van der Waals surface area (Å²) in [7, 11) is 0. The molecule has 0 saturated carbocycles.